The molecule has 1 amide bonds. The summed E-state index contributed by atoms with van der Waals surface area (Å²) in [6, 6.07) is 4.05. The zero-order chi connectivity index (χ0) is 15.1. The number of carboxylic acid groups (broad SMARTS) is 1. The number of thiophene rings is 1. The molecule has 0 saturated heterocycles. The monoisotopic (exact) mass is 343 g/mol. The average Bonchev–Trinajstić information content (AvgIpc) is 3.08. The van der Waals surface area contributed by atoms with Gasteiger partial charge >= 0.3 is 5.97 Å². The highest BCUT2D eigenvalue weighted by molar-refractivity contribution is 8.01. The molecule has 6 nitrogen and oxygen atoms in total. The van der Waals surface area contributed by atoms with E-state index in [1.165, 1.54) is 16.2 Å². The lowest BCUT2D eigenvalue weighted by Gasteiger charge is -2.00. The lowest BCUT2D eigenvalue weighted by Crippen LogP contribution is -2.11. The predicted octanol–water partition coefficient (Wildman–Crippen LogP) is 2.74. The van der Waals surface area contributed by atoms with Crippen LogP contribution in [0.25, 0.3) is 0 Å². The van der Waals surface area contributed by atoms with Crippen molar-refractivity contribution in [2.24, 2.45) is 0 Å². The Morgan fingerprint density at radius 3 is 2.95 bits per heavy atom. The smallest absolute Gasteiger partial charge is 0.313 e. The van der Waals surface area contributed by atoms with Gasteiger partial charge in [0, 0.05) is 11.3 Å². The maximum absolute atomic E-state index is 11.7. The molecule has 2 heterocycles. The van der Waals surface area contributed by atoms with E-state index < -0.39 is 5.97 Å². The molecule has 0 atom stereocenters. The summed E-state index contributed by atoms with van der Waals surface area (Å²) in [6.07, 6.45) is 2.10. The van der Waals surface area contributed by atoms with Crippen LogP contribution in [-0.2, 0) is 16.0 Å². The second-order valence-electron chi connectivity index (χ2n) is 4.04. The zero-order valence-electron chi connectivity index (χ0n) is 10.9. The Balaban J connectivity index is 1.71. The summed E-state index contributed by atoms with van der Waals surface area (Å²) < 4.78 is 0.534. The first kappa shape index (κ1) is 15.9. The van der Waals surface area contributed by atoms with E-state index in [1.54, 1.807) is 11.3 Å². The third-order valence-electron chi connectivity index (χ3n) is 2.38. The van der Waals surface area contributed by atoms with E-state index in [9.17, 15) is 9.59 Å². The molecule has 0 aromatic carbocycles. The summed E-state index contributed by atoms with van der Waals surface area (Å²) in [4.78, 5) is 23.5. The van der Waals surface area contributed by atoms with Gasteiger partial charge in [-0.15, -0.1) is 21.5 Å². The van der Waals surface area contributed by atoms with Crippen LogP contribution >= 0.6 is 34.4 Å². The molecule has 0 aliphatic carbocycles. The van der Waals surface area contributed by atoms with Gasteiger partial charge in [-0.1, -0.05) is 29.2 Å². The second-order valence-corrected chi connectivity index (χ2v) is 7.27. The van der Waals surface area contributed by atoms with Crippen molar-refractivity contribution in [3.63, 3.8) is 0 Å². The Labute approximate surface area is 133 Å². The number of carboxylic acids is 1. The molecule has 2 rings (SSSR count). The Morgan fingerprint density at radius 1 is 1.38 bits per heavy atom. The van der Waals surface area contributed by atoms with Crippen molar-refractivity contribution in [1.82, 2.24) is 10.2 Å². The number of thioether (sulfide) groups is 1. The molecule has 0 aliphatic rings. The van der Waals surface area contributed by atoms with Gasteiger partial charge < -0.3 is 10.4 Å². The van der Waals surface area contributed by atoms with Gasteiger partial charge in [0.2, 0.25) is 11.0 Å². The second kappa shape index (κ2) is 8.11. The molecule has 0 aliphatic heterocycles. The molecule has 2 aromatic heterocycles. The third kappa shape index (κ3) is 5.82. The average molecular weight is 343 g/mol. The standard InChI is InChI=1S/C12H13N3O3S3/c16-9(5-1-3-8-4-2-6-19-8)13-11-14-15-12(21-11)20-7-10(17)18/h2,4,6H,1,3,5,7H2,(H,17,18)(H,13,14,16). The molecule has 0 bridgehead atoms. The number of aliphatic carboxylic acids is 1. The number of amides is 1. The first-order valence-electron chi connectivity index (χ1n) is 6.14. The third-order valence-corrected chi connectivity index (χ3v) is 5.27. The highest BCUT2D eigenvalue weighted by Crippen LogP contribution is 2.25. The molecule has 112 valence electrons. The Morgan fingerprint density at radius 2 is 2.24 bits per heavy atom. The topological polar surface area (TPSA) is 92.2 Å². The molecular weight excluding hydrogens is 330 g/mol. The van der Waals surface area contributed by atoms with Gasteiger partial charge in [0.1, 0.15) is 0 Å². The first-order valence-corrected chi connectivity index (χ1v) is 8.82. The number of aryl methyl sites for hydroxylation is 1. The Kier molecular flexibility index (Phi) is 6.15. The van der Waals surface area contributed by atoms with E-state index in [4.69, 9.17) is 5.11 Å². The summed E-state index contributed by atoms with van der Waals surface area (Å²) in [5, 5.41) is 21.3. The SMILES string of the molecule is O=C(O)CSc1nnc(NC(=O)CCCc2cccs2)s1. The Bertz CT molecular complexity index is 598. The molecule has 9 heteroatoms. The minimum atomic E-state index is -0.908. The molecule has 2 aromatic rings. The van der Waals surface area contributed by atoms with E-state index >= 15 is 0 Å². The van der Waals surface area contributed by atoms with Gasteiger partial charge in [-0.25, -0.2) is 0 Å². The molecular formula is C12H13N3O3S3. The van der Waals surface area contributed by atoms with E-state index in [1.807, 2.05) is 11.4 Å². The van der Waals surface area contributed by atoms with Gasteiger partial charge in [-0.05, 0) is 24.3 Å². The van der Waals surface area contributed by atoms with E-state index in [2.05, 4.69) is 21.6 Å². The van der Waals surface area contributed by atoms with Crippen molar-refractivity contribution in [1.29, 1.82) is 0 Å². The molecule has 0 unspecified atom stereocenters. The van der Waals surface area contributed by atoms with Gasteiger partial charge in [0.05, 0.1) is 5.75 Å². The van der Waals surface area contributed by atoms with Gasteiger partial charge in [0.15, 0.2) is 4.34 Å². The molecule has 0 fully saturated rings. The number of aromatic nitrogens is 2. The normalized spacial score (nSPS) is 10.5. The van der Waals surface area contributed by atoms with Crippen LogP contribution in [0.2, 0.25) is 0 Å². The van der Waals surface area contributed by atoms with E-state index in [-0.39, 0.29) is 11.7 Å². The molecule has 21 heavy (non-hydrogen) atoms. The number of nitrogens with one attached hydrogen (secondary N) is 1. The van der Waals surface area contributed by atoms with Crippen molar-refractivity contribution < 1.29 is 14.7 Å². The van der Waals surface area contributed by atoms with E-state index in [0.29, 0.717) is 15.9 Å². The number of rotatable bonds is 8. The van der Waals surface area contributed by atoms with E-state index in [0.717, 1.165) is 24.6 Å². The summed E-state index contributed by atoms with van der Waals surface area (Å²) in [6.45, 7) is 0. The molecule has 0 radical (unpaired) electrons. The predicted molar refractivity (Wildman–Crippen MR) is 84.2 cm³/mol. The maximum atomic E-state index is 11.7. The summed E-state index contributed by atoms with van der Waals surface area (Å²) in [5.74, 6) is -1.07. The van der Waals surface area contributed by atoms with Crippen LogP contribution < -0.4 is 5.32 Å². The fourth-order valence-corrected chi connectivity index (χ4v) is 3.74. The lowest BCUT2D eigenvalue weighted by atomic mass is 10.2. The summed E-state index contributed by atoms with van der Waals surface area (Å²) in [7, 11) is 0. The summed E-state index contributed by atoms with van der Waals surface area (Å²) in [5.41, 5.74) is 0. The number of carbonyl (C=O) groups excluding carboxylic acids is 1. The van der Waals surface area contributed by atoms with Crippen LogP contribution in [0.4, 0.5) is 5.13 Å². The van der Waals surface area contributed by atoms with Crippen LogP contribution in [0, 0.1) is 0 Å². The number of hydrogen-bond acceptors (Lipinski definition) is 7. The quantitative estimate of drug-likeness (QED) is 0.565. The number of nitrogens with zero attached hydrogens (tertiary/aromatic N) is 2. The highest BCUT2D eigenvalue weighted by atomic mass is 32.2. The summed E-state index contributed by atoms with van der Waals surface area (Å²) >= 11 is 3.96. The minimum absolute atomic E-state index is 0.0661. The molecule has 2 N–H and O–H groups in total. The molecule has 0 spiro atoms. The minimum Gasteiger partial charge on any atom is -0.481 e. The fourth-order valence-electron chi connectivity index (χ4n) is 1.50. The largest absolute Gasteiger partial charge is 0.481 e. The van der Waals surface area contributed by atoms with Crippen molar-refractivity contribution >= 4 is 51.4 Å². The van der Waals surface area contributed by atoms with Crippen molar-refractivity contribution in [2.45, 2.75) is 23.6 Å². The van der Waals surface area contributed by atoms with Crippen molar-refractivity contribution in [2.75, 3.05) is 11.1 Å². The zero-order valence-corrected chi connectivity index (χ0v) is 13.4. The number of carbonyl (C=O) groups is 2. The van der Waals surface area contributed by atoms with Crippen LogP contribution in [-0.4, -0.2) is 32.9 Å². The van der Waals surface area contributed by atoms with Crippen LogP contribution in [0.5, 0.6) is 0 Å². The number of hydrogen-bond donors (Lipinski definition) is 2. The lowest BCUT2D eigenvalue weighted by molar-refractivity contribution is -0.133. The van der Waals surface area contributed by atoms with Gasteiger partial charge in [-0.3, -0.25) is 9.59 Å². The van der Waals surface area contributed by atoms with Crippen molar-refractivity contribution in [3.05, 3.63) is 22.4 Å². The number of anilines is 1. The maximum Gasteiger partial charge on any atom is 0.313 e. The van der Waals surface area contributed by atoms with Gasteiger partial charge in [0.25, 0.3) is 0 Å². The van der Waals surface area contributed by atoms with Crippen LogP contribution in [0.1, 0.15) is 17.7 Å². The van der Waals surface area contributed by atoms with Crippen LogP contribution in [0.3, 0.4) is 0 Å². The Hall–Kier alpha value is -1.45. The highest BCUT2D eigenvalue weighted by Gasteiger charge is 2.10. The first-order chi connectivity index (χ1) is 10.1. The fraction of sp³-hybridized carbons (Fsp3) is 0.333. The van der Waals surface area contributed by atoms with Crippen LogP contribution in [0.15, 0.2) is 21.9 Å². The van der Waals surface area contributed by atoms with Crippen molar-refractivity contribution in [3.8, 4) is 0 Å². The van der Waals surface area contributed by atoms with Gasteiger partial charge in [-0.2, -0.15) is 0 Å². The molecule has 0 saturated carbocycles.